The van der Waals surface area contributed by atoms with Gasteiger partial charge in [-0.05, 0) is 28.6 Å². The summed E-state index contributed by atoms with van der Waals surface area (Å²) >= 11 is 7.43. The molecule has 0 saturated carbocycles. The number of tetrazole rings is 1. The lowest BCUT2D eigenvalue weighted by molar-refractivity contribution is 0.391. The first-order chi connectivity index (χ1) is 12.3. The zero-order chi connectivity index (χ0) is 17.1. The van der Waals surface area contributed by atoms with Crippen LogP contribution in [0.1, 0.15) is 5.89 Å². The summed E-state index contributed by atoms with van der Waals surface area (Å²) in [4.78, 5) is 4.40. The van der Waals surface area contributed by atoms with Gasteiger partial charge in [0.1, 0.15) is 0 Å². The molecule has 0 spiro atoms. The molecule has 0 aliphatic rings. The van der Waals surface area contributed by atoms with Crippen molar-refractivity contribution in [3.05, 3.63) is 65.5 Å². The van der Waals surface area contributed by atoms with Crippen LogP contribution >= 0.6 is 23.4 Å². The number of hydrogen-bond donors (Lipinski definition) is 0. The monoisotopic (exact) mass is 370 g/mol. The molecule has 0 unspecified atom stereocenters. The van der Waals surface area contributed by atoms with E-state index in [0.29, 0.717) is 27.6 Å². The van der Waals surface area contributed by atoms with Crippen LogP contribution in [0.25, 0.3) is 17.1 Å². The standard InChI is InChI=1S/C16H11ClN6OS/c17-12-7-4-8-13(9-12)23-16(19-21-22-23)25-10-14-18-15(20-24-14)11-5-2-1-3-6-11/h1-9H,10H2. The molecule has 9 heteroatoms. The smallest absolute Gasteiger partial charge is 0.237 e. The summed E-state index contributed by atoms with van der Waals surface area (Å²) < 4.78 is 6.92. The van der Waals surface area contributed by atoms with Gasteiger partial charge in [0.05, 0.1) is 11.4 Å². The van der Waals surface area contributed by atoms with E-state index in [9.17, 15) is 0 Å². The zero-order valence-electron chi connectivity index (χ0n) is 12.8. The van der Waals surface area contributed by atoms with E-state index >= 15 is 0 Å². The Kier molecular flexibility index (Phi) is 4.45. The Labute approximate surface area is 152 Å². The summed E-state index contributed by atoms with van der Waals surface area (Å²) in [7, 11) is 0. The molecule has 0 aliphatic heterocycles. The predicted octanol–water partition coefficient (Wildman–Crippen LogP) is 3.66. The van der Waals surface area contributed by atoms with Crippen LogP contribution in [0.2, 0.25) is 5.02 Å². The topological polar surface area (TPSA) is 82.5 Å². The van der Waals surface area contributed by atoms with Gasteiger partial charge in [-0.15, -0.1) is 5.10 Å². The summed E-state index contributed by atoms with van der Waals surface area (Å²) in [5, 5.41) is 17.0. The maximum atomic E-state index is 6.03. The molecule has 0 saturated heterocycles. The normalized spacial score (nSPS) is 10.9. The third-order valence-electron chi connectivity index (χ3n) is 3.32. The van der Waals surface area contributed by atoms with Crippen molar-refractivity contribution in [2.45, 2.75) is 10.9 Å². The molecule has 2 aromatic carbocycles. The Hall–Kier alpha value is -2.71. The first-order valence-electron chi connectivity index (χ1n) is 7.35. The van der Waals surface area contributed by atoms with Gasteiger partial charge in [-0.2, -0.15) is 9.67 Å². The fourth-order valence-electron chi connectivity index (χ4n) is 2.18. The number of hydrogen-bond acceptors (Lipinski definition) is 7. The highest BCUT2D eigenvalue weighted by molar-refractivity contribution is 7.98. The van der Waals surface area contributed by atoms with E-state index in [1.807, 2.05) is 42.5 Å². The van der Waals surface area contributed by atoms with Gasteiger partial charge in [0.15, 0.2) is 0 Å². The number of benzene rings is 2. The zero-order valence-corrected chi connectivity index (χ0v) is 14.4. The van der Waals surface area contributed by atoms with E-state index in [-0.39, 0.29) is 0 Å². The molecular formula is C16H11ClN6OS. The quantitative estimate of drug-likeness (QED) is 0.496. The molecule has 124 valence electrons. The number of rotatable bonds is 5. The van der Waals surface area contributed by atoms with Crippen molar-refractivity contribution in [3.8, 4) is 17.1 Å². The highest BCUT2D eigenvalue weighted by Gasteiger charge is 2.13. The number of halogens is 1. The van der Waals surface area contributed by atoms with Crippen LogP contribution in [0.3, 0.4) is 0 Å². The first kappa shape index (κ1) is 15.8. The minimum absolute atomic E-state index is 0.459. The second-order valence-corrected chi connectivity index (χ2v) is 6.40. The highest BCUT2D eigenvalue weighted by atomic mass is 35.5. The maximum Gasteiger partial charge on any atom is 0.237 e. The average molecular weight is 371 g/mol. The second-order valence-electron chi connectivity index (χ2n) is 5.02. The molecule has 0 atom stereocenters. The average Bonchev–Trinajstić information content (AvgIpc) is 3.30. The lowest BCUT2D eigenvalue weighted by atomic mass is 10.2. The Bertz CT molecular complexity index is 987. The Morgan fingerprint density at radius 1 is 1.08 bits per heavy atom. The van der Waals surface area contributed by atoms with Crippen LogP contribution in [-0.2, 0) is 5.75 Å². The van der Waals surface area contributed by atoms with Crippen molar-refractivity contribution in [1.29, 1.82) is 0 Å². The van der Waals surface area contributed by atoms with Gasteiger partial charge < -0.3 is 4.52 Å². The van der Waals surface area contributed by atoms with Crippen molar-refractivity contribution >= 4 is 23.4 Å². The molecule has 0 amide bonds. The lowest BCUT2D eigenvalue weighted by Crippen LogP contribution is -1.99. The van der Waals surface area contributed by atoms with Crippen molar-refractivity contribution in [2.24, 2.45) is 0 Å². The first-order valence-corrected chi connectivity index (χ1v) is 8.71. The Balaban J connectivity index is 1.50. The number of thioether (sulfide) groups is 1. The minimum Gasteiger partial charge on any atom is -0.338 e. The molecule has 0 bridgehead atoms. The van der Waals surface area contributed by atoms with Crippen LogP contribution in [-0.4, -0.2) is 30.3 Å². The summed E-state index contributed by atoms with van der Waals surface area (Å²) in [6.07, 6.45) is 0. The van der Waals surface area contributed by atoms with Gasteiger partial charge in [0.25, 0.3) is 0 Å². The highest BCUT2D eigenvalue weighted by Crippen LogP contribution is 2.24. The number of nitrogens with zero attached hydrogens (tertiary/aromatic N) is 6. The largest absolute Gasteiger partial charge is 0.338 e. The SMILES string of the molecule is Clc1cccc(-n2nnnc2SCc2nc(-c3ccccc3)no2)c1. The molecule has 0 radical (unpaired) electrons. The summed E-state index contributed by atoms with van der Waals surface area (Å²) in [5.41, 5.74) is 1.70. The van der Waals surface area contributed by atoms with Crippen molar-refractivity contribution in [2.75, 3.05) is 0 Å². The van der Waals surface area contributed by atoms with E-state index in [4.69, 9.17) is 16.1 Å². The minimum atomic E-state index is 0.459. The van der Waals surface area contributed by atoms with Gasteiger partial charge in [-0.25, -0.2) is 0 Å². The van der Waals surface area contributed by atoms with Crippen LogP contribution in [0, 0.1) is 0 Å². The molecule has 4 rings (SSSR count). The van der Waals surface area contributed by atoms with Gasteiger partial charge >= 0.3 is 0 Å². The fourth-order valence-corrected chi connectivity index (χ4v) is 3.10. The molecule has 2 aromatic heterocycles. The van der Waals surface area contributed by atoms with Crippen molar-refractivity contribution < 1.29 is 4.52 Å². The number of aromatic nitrogens is 6. The molecule has 0 N–H and O–H groups in total. The van der Waals surface area contributed by atoms with Crippen LogP contribution in [0.5, 0.6) is 0 Å². The molecule has 0 fully saturated rings. The van der Waals surface area contributed by atoms with Gasteiger partial charge in [-0.1, -0.05) is 64.9 Å². The lowest BCUT2D eigenvalue weighted by Gasteiger charge is -2.03. The molecule has 4 aromatic rings. The Morgan fingerprint density at radius 2 is 1.96 bits per heavy atom. The maximum absolute atomic E-state index is 6.03. The summed E-state index contributed by atoms with van der Waals surface area (Å²) in [6, 6.07) is 17.0. The predicted molar refractivity (Wildman–Crippen MR) is 93.5 cm³/mol. The molecule has 7 nitrogen and oxygen atoms in total. The van der Waals surface area contributed by atoms with Gasteiger partial charge in [-0.3, -0.25) is 0 Å². The van der Waals surface area contributed by atoms with Crippen molar-refractivity contribution in [3.63, 3.8) is 0 Å². The van der Waals surface area contributed by atoms with Crippen LogP contribution in [0.15, 0.2) is 64.3 Å². The van der Waals surface area contributed by atoms with E-state index < -0.39 is 0 Å². The van der Waals surface area contributed by atoms with E-state index in [1.54, 1.807) is 16.8 Å². The van der Waals surface area contributed by atoms with Crippen LogP contribution in [0.4, 0.5) is 0 Å². The van der Waals surface area contributed by atoms with E-state index in [0.717, 1.165) is 11.3 Å². The third-order valence-corrected chi connectivity index (χ3v) is 4.46. The molecular weight excluding hydrogens is 360 g/mol. The van der Waals surface area contributed by atoms with Gasteiger partial charge in [0.2, 0.25) is 16.9 Å². The fraction of sp³-hybridized carbons (Fsp3) is 0.0625. The summed E-state index contributed by atoms with van der Waals surface area (Å²) in [5.74, 6) is 1.52. The van der Waals surface area contributed by atoms with E-state index in [2.05, 4.69) is 25.7 Å². The molecule has 2 heterocycles. The third kappa shape index (κ3) is 3.54. The second kappa shape index (κ2) is 7.04. The molecule has 25 heavy (non-hydrogen) atoms. The molecule has 0 aliphatic carbocycles. The van der Waals surface area contributed by atoms with Gasteiger partial charge in [0, 0.05) is 10.6 Å². The van der Waals surface area contributed by atoms with E-state index in [1.165, 1.54) is 11.8 Å². The summed E-state index contributed by atoms with van der Waals surface area (Å²) in [6.45, 7) is 0. The Morgan fingerprint density at radius 3 is 2.80 bits per heavy atom. The van der Waals surface area contributed by atoms with Crippen LogP contribution < -0.4 is 0 Å². The van der Waals surface area contributed by atoms with Crippen molar-refractivity contribution in [1.82, 2.24) is 30.3 Å².